The molecule has 2 nitrogen and oxygen atoms in total. The highest BCUT2D eigenvalue weighted by Gasteiger charge is 2.13. The van der Waals surface area contributed by atoms with Gasteiger partial charge in [-0.05, 0) is 50.5 Å². The van der Waals surface area contributed by atoms with Crippen LogP contribution in [-0.4, -0.2) is 25.5 Å². The standard InChI is InChI=1S/C15H26N2/c1-5-12(2)13-6-8-14(9-7-13)15(10-11-16)17(3)4/h6-9,12,15H,5,10-11,16H2,1-4H3. The lowest BCUT2D eigenvalue weighted by molar-refractivity contribution is 0.287. The molecular formula is C15H26N2. The van der Waals surface area contributed by atoms with Gasteiger partial charge in [-0.3, -0.25) is 0 Å². The Morgan fingerprint density at radius 3 is 2.06 bits per heavy atom. The number of hydrogen-bond acceptors (Lipinski definition) is 2. The molecule has 1 rings (SSSR count). The van der Waals surface area contributed by atoms with Gasteiger partial charge in [0, 0.05) is 6.04 Å². The van der Waals surface area contributed by atoms with E-state index < -0.39 is 0 Å². The predicted molar refractivity (Wildman–Crippen MR) is 75.2 cm³/mol. The molecule has 2 unspecified atom stereocenters. The van der Waals surface area contributed by atoms with Crippen LogP contribution in [0, 0.1) is 0 Å². The third-order valence-electron chi connectivity index (χ3n) is 3.57. The molecule has 0 aliphatic rings. The van der Waals surface area contributed by atoms with E-state index in [9.17, 15) is 0 Å². The van der Waals surface area contributed by atoms with E-state index in [1.54, 1.807) is 0 Å². The lowest BCUT2D eigenvalue weighted by Crippen LogP contribution is -2.22. The summed E-state index contributed by atoms with van der Waals surface area (Å²) in [5.74, 6) is 0.649. The molecular weight excluding hydrogens is 208 g/mol. The van der Waals surface area contributed by atoms with Crippen LogP contribution < -0.4 is 5.73 Å². The van der Waals surface area contributed by atoms with Crippen LogP contribution in [0.5, 0.6) is 0 Å². The summed E-state index contributed by atoms with van der Waals surface area (Å²) in [6.45, 7) is 5.24. The van der Waals surface area contributed by atoms with Crippen LogP contribution in [0.2, 0.25) is 0 Å². The number of nitrogens with two attached hydrogens (primary N) is 1. The highest BCUT2D eigenvalue weighted by molar-refractivity contribution is 5.27. The fourth-order valence-corrected chi connectivity index (χ4v) is 2.16. The Bertz CT molecular complexity index is 316. The Morgan fingerprint density at radius 2 is 1.65 bits per heavy atom. The third kappa shape index (κ3) is 3.83. The summed E-state index contributed by atoms with van der Waals surface area (Å²) in [6.07, 6.45) is 2.20. The zero-order chi connectivity index (χ0) is 12.8. The van der Waals surface area contributed by atoms with E-state index in [2.05, 4.69) is 57.1 Å². The number of benzene rings is 1. The van der Waals surface area contributed by atoms with Crippen molar-refractivity contribution in [2.75, 3.05) is 20.6 Å². The van der Waals surface area contributed by atoms with E-state index in [0.29, 0.717) is 12.0 Å². The lowest BCUT2D eigenvalue weighted by Gasteiger charge is -2.24. The molecule has 0 radical (unpaired) electrons. The van der Waals surface area contributed by atoms with Gasteiger partial charge in [0.25, 0.3) is 0 Å². The van der Waals surface area contributed by atoms with Gasteiger partial charge in [0.05, 0.1) is 0 Å². The van der Waals surface area contributed by atoms with Gasteiger partial charge in [-0.2, -0.15) is 0 Å². The Balaban J connectivity index is 2.84. The molecule has 2 N–H and O–H groups in total. The Kier molecular flexibility index (Phi) is 5.66. The first-order valence-electron chi connectivity index (χ1n) is 6.56. The molecule has 0 aliphatic heterocycles. The molecule has 0 fully saturated rings. The summed E-state index contributed by atoms with van der Waals surface area (Å²) in [6, 6.07) is 9.46. The van der Waals surface area contributed by atoms with Crippen LogP contribution in [0.4, 0.5) is 0 Å². The third-order valence-corrected chi connectivity index (χ3v) is 3.57. The van der Waals surface area contributed by atoms with Crippen molar-refractivity contribution in [3.63, 3.8) is 0 Å². The largest absolute Gasteiger partial charge is 0.330 e. The Labute approximate surface area is 106 Å². The summed E-state index contributed by atoms with van der Waals surface area (Å²) < 4.78 is 0. The molecule has 17 heavy (non-hydrogen) atoms. The molecule has 0 aliphatic carbocycles. The average molecular weight is 234 g/mol. The van der Waals surface area contributed by atoms with Gasteiger partial charge in [-0.1, -0.05) is 38.1 Å². The maximum atomic E-state index is 5.68. The van der Waals surface area contributed by atoms with Crippen LogP contribution in [0.25, 0.3) is 0 Å². The van der Waals surface area contributed by atoms with Crippen molar-refractivity contribution in [2.24, 2.45) is 5.73 Å². The van der Waals surface area contributed by atoms with Crippen LogP contribution in [-0.2, 0) is 0 Å². The molecule has 0 amide bonds. The van der Waals surface area contributed by atoms with E-state index in [0.717, 1.165) is 13.0 Å². The summed E-state index contributed by atoms with van der Waals surface area (Å²) in [7, 11) is 4.23. The number of rotatable bonds is 6. The molecule has 0 spiro atoms. The second-order valence-electron chi connectivity index (χ2n) is 5.03. The van der Waals surface area contributed by atoms with Gasteiger partial charge in [0.1, 0.15) is 0 Å². The number of hydrogen-bond donors (Lipinski definition) is 1. The minimum atomic E-state index is 0.436. The summed E-state index contributed by atoms with van der Waals surface area (Å²) in [5, 5.41) is 0. The van der Waals surface area contributed by atoms with Gasteiger partial charge in [0.2, 0.25) is 0 Å². The molecule has 0 heterocycles. The van der Waals surface area contributed by atoms with E-state index in [1.165, 1.54) is 17.5 Å². The van der Waals surface area contributed by atoms with Crippen molar-refractivity contribution in [3.8, 4) is 0 Å². The van der Waals surface area contributed by atoms with Crippen molar-refractivity contribution in [3.05, 3.63) is 35.4 Å². The molecule has 0 bridgehead atoms. The van der Waals surface area contributed by atoms with Crippen molar-refractivity contribution >= 4 is 0 Å². The SMILES string of the molecule is CCC(C)c1ccc(C(CCN)N(C)C)cc1. The first-order chi connectivity index (χ1) is 8.10. The highest BCUT2D eigenvalue weighted by atomic mass is 15.1. The maximum absolute atomic E-state index is 5.68. The molecule has 2 heteroatoms. The highest BCUT2D eigenvalue weighted by Crippen LogP contribution is 2.24. The van der Waals surface area contributed by atoms with Gasteiger partial charge in [-0.25, -0.2) is 0 Å². The summed E-state index contributed by atoms with van der Waals surface area (Å²) >= 11 is 0. The normalized spacial score (nSPS) is 14.9. The van der Waals surface area contributed by atoms with Gasteiger partial charge in [-0.15, -0.1) is 0 Å². The predicted octanol–water partition coefficient (Wildman–Crippen LogP) is 3.15. The van der Waals surface area contributed by atoms with Crippen LogP contribution in [0.1, 0.15) is 49.8 Å². The molecule has 96 valence electrons. The monoisotopic (exact) mass is 234 g/mol. The van der Waals surface area contributed by atoms with Gasteiger partial charge >= 0.3 is 0 Å². The Morgan fingerprint density at radius 1 is 1.12 bits per heavy atom. The van der Waals surface area contributed by atoms with Crippen LogP contribution >= 0.6 is 0 Å². The van der Waals surface area contributed by atoms with E-state index in [4.69, 9.17) is 5.73 Å². The minimum absolute atomic E-state index is 0.436. The smallest absolute Gasteiger partial charge is 0.0354 e. The van der Waals surface area contributed by atoms with Crippen molar-refractivity contribution in [2.45, 2.75) is 38.6 Å². The first kappa shape index (κ1) is 14.2. The quantitative estimate of drug-likeness (QED) is 0.819. The summed E-state index contributed by atoms with van der Waals surface area (Å²) in [5.41, 5.74) is 8.48. The van der Waals surface area contributed by atoms with Crippen LogP contribution in [0.3, 0.4) is 0 Å². The lowest BCUT2D eigenvalue weighted by atomic mass is 9.95. The Hall–Kier alpha value is -0.860. The topological polar surface area (TPSA) is 29.3 Å². The first-order valence-corrected chi connectivity index (χ1v) is 6.56. The number of nitrogens with zero attached hydrogens (tertiary/aromatic N) is 1. The summed E-state index contributed by atoms with van der Waals surface area (Å²) in [4.78, 5) is 2.24. The fraction of sp³-hybridized carbons (Fsp3) is 0.600. The van der Waals surface area contributed by atoms with Gasteiger partial charge in [0.15, 0.2) is 0 Å². The van der Waals surface area contributed by atoms with Gasteiger partial charge < -0.3 is 10.6 Å². The van der Waals surface area contributed by atoms with Crippen molar-refractivity contribution in [1.29, 1.82) is 0 Å². The second kappa shape index (κ2) is 6.77. The van der Waals surface area contributed by atoms with Crippen molar-refractivity contribution < 1.29 is 0 Å². The minimum Gasteiger partial charge on any atom is -0.330 e. The maximum Gasteiger partial charge on any atom is 0.0354 e. The van der Waals surface area contributed by atoms with E-state index >= 15 is 0 Å². The second-order valence-corrected chi connectivity index (χ2v) is 5.03. The molecule has 2 atom stereocenters. The average Bonchev–Trinajstić information content (AvgIpc) is 2.35. The zero-order valence-electron chi connectivity index (χ0n) is 11.6. The van der Waals surface area contributed by atoms with Crippen molar-refractivity contribution in [1.82, 2.24) is 4.90 Å². The molecule has 0 aromatic heterocycles. The fourth-order valence-electron chi connectivity index (χ4n) is 2.16. The van der Waals surface area contributed by atoms with E-state index in [-0.39, 0.29) is 0 Å². The molecule has 0 saturated heterocycles. The molecule has 1 aromatic carbocycles. The molecule has 1 aromatic rings. The molecule has 0 saturated carbocycles. The van der Waals surface area contributed by atoms with Crippen LogP contribution in [0.15, 0.2) is 24.3 Å². The zero-order valence-corrected chi connectivity index (χ0v) is 11.6. The van der Waals surface area contributed by atoms with E-state index in [1.807, 2.05) is 0 Å².